The Balaban J connectivity index is 1.03. The van der Waals surface area contributed by atoms with Crippen molar-refractivity contribution in [3.63, 3.8) is 0 Å². The molecule has 0 radical (unpaired) electrons. The second-order valence-electron chi connectivity index (χ2n) is 12.8. The van der Waals surface area contributed by atoms with Gasteiger partial charge in [0.25, 0.3) is 0 Å². The summed E-state index contributed by atoms with van der Waals surface area (Å²) in [4.78, 5) is 0. The third-order valence-electron chi connectivity index (χ3n) is 10.3. The van der Waals surface area contributed by atoms with Crippen LogP contribution in [0.4, 0.5) is 0 Å². The minimum absolute atomic E-state index is 0.319. The fraction of sp³-hybridized carbons (Fsp3) is 0.342. The van der Waals surface area contributed by atoms with Crippen molar-refractivity contribution < 1.29 is 14.0 Å². The predicted octanol–water partition coefficient (Wildman–Crippen LogP) is 8.29. The van der Waals surface area contributed by atoms with Crippen LogP contribution in [0.15, 0.2) is 108 Å². The average molecular weight is 635 g/mol. The highest BCUT2D eigenvalue weighted by molar-refractivity contribution is 9.10. The van der Waals surface area contributed by atoms with Gasteiger partial charge in [0.05, 0.1) is 25.7 Å². The molecule has 3 aliphatic rings. The first kappa shape index (κ1) is 28.2. The van der Waals surface area contributed by atoms with E-state index < -0.39 is 5.41 Å². The van der Waals surface area contributed by atoms with Gasteiger partial charge in [-0.1, -0.05) is 101 Å². The fourth-order valence-corrected chi connectivity index (χ4v) is 8.25. The minimum atomic E-state index is -0.599. The molecule has 1 aliphatic carbocycles. The maximum Gasteiger partial charge on any atom is 0.231 e. The van der Waals surface area contributed by atoms with Gasteiger partial charge in [0.2, 0.25) is 6.79 Å². The fourth-order valence-electron chi connectivity index (χ4n) is 7.98. The number of hydrogen-bond acceptors (Lipinski definition) is 3. The number of nitriles is 1. The number of rotatable bonds is 11. The molecule has 7 rings (SSSR count). The van der Waals surface area contributed by atoms with E-state index in [9.17, 15) is 5.26 Å². The Labute approximate surface area is 263 Å². The molecule has 2 atom stereocenters. The molecule has 4 nitrogen and oxygen atoms in total. The molecule has 0 N–H and O–H groups in total. The van der Waals surface area contributed by atoms with Gasteiger partial charge in [-0.2, -0.15) is 5.26 Å². The van der Waals surface area contributed by atoms with Gasteiger partial charge < -0.3 is 14.0 Å². The largest absolute Gasteiger partial charge is 0.454 e. The lowest BCUT2D eigenvalue weighted by Gasteiger charge is -2.37. The van der Waals surface area contributed by atoms with E-state index in [0.29, 0.717) is 6.79 Å². The van der Waals surface area contributed by atoms with Crippen LogP contribution in [-0.4, -0.2) is 30.9 Å². The van der Waals surface area contributed by atoms with Crippen molar-refractivity contribution in [2.75, 3.05) is 26.4 Å². The summed E-state index contributed by atoms with van der Waals surface area (Å²) in [6.45, 7) is 5.03. The van der Waals surface area contributed by atoms with E-state index in [4.69, 9.17) is 9.47 Å². The number of piperidine rings is 1. The highest BCUT2D eigenvalue weighted by Gasteiger charge is 2.62. The quantitative estimate of drug-likeness (QED) is 0.156. The summed E-state index contributed by atoms with van der Waals surface area (Å²) in [5, 5.41) is 10.6. The maximum absolute atomic E-state index is 10.6. The number of likely N-dealkylation sites (tertiary alicyclic amines) is 1. The van der Waals surface area contributed by atoms with Crippen LogP contribution in [0.2, 0.25) is 0 Å². The average Bonchev–Trinajstić information content (AvgIpc) is 3.36. The molecule has 0 bridgehead atoms. The van der Waals surface area contributed by atoms with Gasteiger partial charge in [-0.05, 0) is 59.7 Å². The number of ether oxygens (including phenoxy) is 2. The maximum atomic E-state index is 10.6. The number of halogens is 1. The Kier molecular flexibility index (Phi) is 7.76. The summed E-state index contributed by atoms with van der Waals surface area (Å²) < 4.78 is 13.5. The molecule has 4 aromatic rings. The monoisotopic (exact) mass is 633 g/mol. The highest BCUT2D eigenvalue weighted by Crippen LogP contribution is 2.57. The summed E-state index contributed by atoms with van der Waals surface area (Å²) in [6.07, 6.45) is 4.17. The minimum Gasteiger partial charge on any atom is -0.454 e. The van der Waals surface area contributed by atoms with Crippen molar-refractivity contribution in [2.24, 2.45) is 17.8 Å². The molecule has 1 saturated carbocycles. The van der Waals surface area contributed by atoms with Crippen molar-refractivity contribution in [2.45, 2.75) is 37.6 Å². The Bertz CT molecular complexity index is 1550. The Hall–Kier alpha value is -3.59. The summed E-state index contributed by atoms with van der Waals surface area (Å²) in [5.41, 5.74) is 4.35. The lowest BCUT2D eigenvalue weighted by Crippen LogP contribution is -2.48. The molecule has 4 aromatic carbocycles. The van der Waals surface area contributed by atoms with E-state index in [1.165, 1.54) is 30.6 Å². The van der Waals surface area contributed by atoms with Crippen molar-refractivity contribution in [3.8, 4) is 17.6 Å². The first-order chi connectivity index (χ1) is 21.1. The van der Waals surface area contributed by atoms with E-state index in [0.717, 1.165) is 81.7 Å². The van der Waals surface area contributed by atoms with Crippen LogP contribution in [0.1, 0.15) is 41.5 Å². The molecular formula is C38H38BrN2O2+. The Morgan fingerprint density at radius 2 is 1.42 bits per heavy atom. The molecule has 5 heteroatoms. The first-order valence-electron chi connectivity index (χ1n) is 15.6. The number of fused-ring (bicyclic) bond motifs is 2. The lowest BCUT2D eigenvalue weighted by molar-refractivity contribution is -0.934. The lowest BCUT2D eigenvalue weighted by atomic mass is 9.72. The molecule has 218 valence electrons. The van der Waals surface area contributed by atoms with Crippen LogP contribution in [-0.2, 0) is 18.4 Å². The molecule has 1 saturated heterocycles. The van der Waals surface area contributed by atoms with E-state index in [1.807, 2.05) is 12.1 Å². The van der Waals surface area contributed by atoms with Gasteiger partial charge >= 0.3 is 0 Å². The van der Waals surface area contributed by atoms with Crippen LogP contribution in [0.5, 0.6) is 11.5 Å². The van der Waals surface area contributed by atoms with Crippen molar-refractivity contribution >= 4 is 15.9 Å². The smallest absolute Gasteiger partial charge is 0.231 e. The van der Waals surface area contributed by atoms with E-state index in [1.54, 1.807) is 0 Å². The molecule has 2 aliphatic heterocycles. The molecule has 0 spiro atoms. The van der Waals surface area contributed by atoms with Crippen LogP contribution in [0.25, 0.3) is 0 Å². The predicted molar refractivity (Wildman–Crippen MR) is 173 cm³/mol. The van der Waals surface area contributed by atoms with E-state index >= 15 is 0 Å². The molecular weight excluding hydrogens is 596 g/mol. The van der Waals surface area contributed by atoms with Crippen molar-refractivity contribution in [1.29, 1.82) is 5.26 Å². The van der Waals surface area contributed by atoms with Gasteiger partial charge in [0.15, 0.2) is 11.5 Å². The number of benzene rings is 4. The van der Waals surface area contributed by atoms with Gasteiger partial charge in [0.1, 0.15) is 12.0 Å². The zero-order chi connectivity index (χ0) is 29.3. The van der Waals surface area contributed by atoms with Crippen LogP contribution in [0.3, 0.4) is 0 Å². The molecule has 43 heavy (non-hydrogen) atoms. The molecule has 0 aromatic heterocycles. The van der Waals surface area contributed by atoms with Gasteiger partial charge in [0, 0.05) is 28.3 Å². The highest BCUT2D eigenvalue weighted by atomic mass is 79.9. The summed E-state index contributed by atoms with van der Waals surface area (Å²) in [5.74, 6) is 4.09. The third-order valence-corrected chi connectivity index (χ3v) is 10.8. The molecule has 2 fully saturated rings. The summed E-state index contributed by atoms with van der Waals surface area (Å²) >= 11 is 3.61. The summed E-state index contributed by atoms with van der Waals surface area (Å²) in [7, 11) is 0. The summed E-state index contributed by atoms with van der Waals surface area (Å²) in [6, 6.07) is 38.9. The second kappa shape index (κ2) is 11.8. The standard InChI is InChI=1S/C38H38BrN2O2/c39-32-16-13-29(14-17-32)23-41(21-19-28-15-18-36-37(22-28)43-27-42-36)24-34-33(35(34)25-41)12-7-20-38(26-40,30-8-3-1-4-9-30)31-10-5-2-6-11-31/h1-6,8-11,13-18,22,33-35H,7,12,19-21,23-25,27H2/q+1. The van der Waals surface area contributed by atoms with Crippen LogP contribution in [0, 0.1) is 29.1 Å². The van der Waals surface area contributed by atoms with E-state index in [2.05, 4.69) is 113 Å². The molecule has 2 unspecified atom stereocenters. The molecule has 0 amide bonds. The van der Waals surface area contributed by atoms with Gasteiger partial charge in [-0.3, -0.25) is 0 Å². The number of nitrogens with zero attached hydrogens (tertiary/aromatic N) is 2. The molecule has 2 heterocycles. The zero-order valence-corrected chi connectivity index (χ0v) is 26.1. The van der Waals surface area contributed by atoms with Crippen molar-refractivity contribution in [3.05, 3.63) is 130 Å². The zero-order valence-electron chi connectivity index (χ0n) is 24.5. The topological polar surface area (TPSA) is 42.2 Å². The Morgan fingerprint density at radius 1 is 0.791 bits per heavy atom. The Morgan fingerprint density at radius 3 is 2.07 bits per heavy atom. The van der Waals surface area contributed by atoms with Gasteiger partial charge in [-0.15, -0.1) is 0 Å². The van der Waals surface area contributed by atoms with Gasteiger partial charge in [-0.25, -0.2) is 0 Å². The second-order valence-corrected chi connectivity index (χ2v) is 13.7. The number of hydrogen-bond donors (Lipinski definition) is 0. The van der Waals surface area contributed by atoms with Crippen molar-refractivity contribution in [1.82, 2.24) is 0 Å². The SMILES string of the molecule is N#CC(CCCC1C2C[N+](CCc3ccc4c(c3)OCO4)(Cc3ccc(Br)cc3)CC12)(c1ccccc1)c1ccccc1. The first-order valence-corrected chi connectivity index (χ1v) is 16.4. The normalized spacial score (nSPS) is 23.5. The third kappa shape index (κ3) is 5.71. The van der Waals surface area contributed by atoms with E-state index in [-0.39, 0.29) is 0 Å². The van der Waals surface area contributed by atoms with Crippen LogP contribution >= 0.6 is 15.9 Å². The number of quaternary nitrogens is 1. The van der Waals surface area contributed by atoms with Crippen LogP contribution < -0.4 is 9.47 Å².